The maximum absolute atomic E-state index is 12.0. The first kappa shape index (κ1) is 14.8. The minimum Gasteiger partial charge on any atom is -0.505 e. The maximum Gasteiger partial charge on any atom is 0.255 e. The third kappa shape index (κ3) is 3.55. The SMILES string of the molecule is O=C(NCCc1cnn(-c2ccccc2)c1)c1ccncc1O. The molecule has 0 spiro atoms. The van der Waals surface area contributed by atoms with Gasteiger partial charge in [0.25, 0.3) is 5.91 Å². The molecule has 1 aromatic carbocycles. The summed E-state index contributed by atoms with van der Waals surface area (Å²) in [6, 6.07) is 11.3. The van der Waals surface area contributed by atoms with Gasteiger partial charge in [-0.2, -0.15) is 5.10 Å². The van der Waals surface area contributed by atoms with Gasteiger partial charge in [-0.3, -0.25) is 9.78 Å². The molecule has 6 nitrogen and oxygen atoms in total. The van der Waals surface area contributed by atoms with Crippen molar-refractivity contribution < 1.29 is 9.90 Å². The van der Waals surface area contributed by atoms with Crippen LogP contribution >= 0.6 is 0 Å². The first-order valence-corrected chi connectivity index (χ1v) is 7.24. The Morgan fingerprint density at radius 3 is 2.78 bits per heavy atom. The van der Waals surface area contributed by atoms with Crippen LogP contribution in [0.2, 0.25) is 0 Å². The highest BCUT2D eigenvalue weighted by Crippen LogP contribution is 2.13. The molecule has 0 aliphatic heterocycles. The van der Waals surface area contributed by atoms with E-state index in [1.54, 1.807) is 10.9 Å². The summed E-state index contributed by atoms with van der Waals surface area (Å²) in [6.45, 7) is 0.459. The Morgan fingerprint density at radius 2 is 2.00 bits per heavy atom. The number of rotatable bonds is 5. The highest BCUT2D eigenvalue weighted by atomic mass is 16.3. The number of hydrogen-bond acceptors (Lipinski definition) is 4. The van der Waals surface area contributed by atoms with Gasteiger partial charge in [0.1, 0.15) is 5.75 Å². The zero-order chi connectivity index (χ0) is 16.1. The number of carbonyl (C=O) groups is 1. The van der Waals surface area contributed by atoms with Crippen LogP contribution in [0.5, 0.6) is 5.75 Å². The number of amides is 1. The van der Waals surface area contributed by atoms with Crippen LogP contribution < -0.4 is 5.32 Å². The Kier molecular flexibility index (Phi) is 4.33. The third-order valence-electron chi connectivity index (χ3n) is 3.40. The summed E-state index contributed by atoms with van der Waals surface area (Å²) in [5.41, 5.74) is 2.23. The standard InChI is InChI=1S/C17H16N4O2/c22-16-11-18-8-7-15(16)17(23)19-9-6-13-10-20-21(12-13)14-4-2-1-3-5-14/h1-5,7-8,10-12,22H,6,9H2,(H,19,23). The summed E-state index contributed by atoms with van der Waals surface area (Å²) in [4.78, 5) is 15.7. The van der Waals surface area contributed by atoms with Gasteiger partial charge in [-0.25, -0.2) is 4.68 Å². The highest BCUT2D eigenvalue weighted by molar-refractivity contribution is 5.96. The molecule has 0 fully saturated rings. The van der Waals surface area contributed by atoms with Crippen LogP contribution in [0.15, 0.2) is 61.2 Å². The first-order valence-electron chi connectivity index (χ1n) is 7.24. The van der Waals surface area contributed by atoms with Gasteiger partial charge in [-0.05, 0) is 30.2 Å². The average Bonchev–Trinajstić information content (AvgIpc) is 3.05. The summed E-state index contributed by atoms with van der Waals surface area (Å²) in [7, 11) is 0. The fourth-order valence-corrected chi connectivity index (χ4v) is 2.20. The van der Waals surface area contributed by atoms with Crippen LogP contribution in [0.3, 0.4) is 0 Å². The molecule has 0 radical (unpaired) electrons. The lowest BCUT2D eigenvalue weighted by atomic mass is 10.2. The number of aromatic nitrogens is 3. The first-order chi connectivity index (χ1) is 11.2. The van der Waals surface area contributed by atoms with Crippen LogP contribution in [0.25, 0.3) is 5.69 Å². The lowest BCUT2D eigenvalue weighted by molar-refractivity contribution is 0.0951. The lowest BCUT2D eigenvalue weighted by Gasteiger charge is -2.05. The van der Waals surface area contributed by atoms with E-state index >= 15 is 0 Å². The van der Waals surface area contributed by atoms with Gasteiger partial charge in [-0.1, -0.05) is 18.2 Å². The molecule has 116 valence electrons. The molecule has 0 atom stereocenters. The normalized spacial score (nSPS) is 10.4. The molecule has 3 rings (SSSR count). The minimum absolute atomic E-state index is 0.123. The number of aromatic hydroxyl groups is 1. The van der Waals surface area contributed by atoms with E-state index in [0.29, 0.717) is 13.0 Å². The van der Waals surface area contributed by atoms with Crippen LogP contribution in [-0.4, -0.2) is 32.3 Å². The second-order valence-corrected chi connectivity index (χ2v) is 5.03. The molecule has 0 aliphatic carbocycles. The summed E-state index contributed by atoms with van der Waals surface area (Å²) in [5, 5.41) is 16.7. The average molecular weight is 308 g/mol. The van der Waals surface area contributed by atoms with Gasteiger partial charge < -0.3 is 10.4 Å². The zero-order valence-electron chi connectivity index (χ0n) is 12.4. The van der Waals surface area contributed by atoms with E-state index in [9.17, 15) is 9.90 Å². The Bertz CT molecular complexity index is 799. The van der Waals surface area contributed by atoms with Crippen molar-refractivity contribution in [2.45, 2.75) is 6.42 Å². The minimum atomic E-state index is -0.319. The molecule has 0 aliphatic rings. The van der Waals surface area contributed by atoms with Crippen LogP contribution in [0.1, 0.15) is 15.9 Å². The molecule has 3 aromatic rings. The highest BCUT2D eigenvalue weighted by Gasteiger charge is 2.10. The molecule has 2 aromatic heterocycles. The Balaban J connectivity index is 1.56. The number of para-hydroxylation sites is 1. The molecule has 2 heterocycles. The molecule has 23 heavy (non-hydrogen) atoms. The lowest BCUT2D eigenvalue weighted by Crippen LogP contribution is -2.25. The topological polar surface area (TPSA) is 80.0 Å². The van der Waals surface area contributed by atoms with E-state index in [2.05, 4.69) is 15.4 Å². The largest absolute Gasteiger partial charge is 0.505 e. The number of benzene rings is 1. The molecule has 6 heteroatoms. The van der Waals surface area contributed by atoms with Crippen molar-refractivity contribution in [3.05, 3.63) is 72.3 Å². The van der Waals surface area contributed by atoms with Gasteiger partial charge in [0.2, 0.25) is 0 Å². The number of nitrogens with one attached hydrogen (secondary N) is 1. The van der Waals surface area contributed by atoms with Crippen molar-refractivity contribution in [3.63, 3.8) is 0 Å². The van der Waals surface area contributed by atoms with E-state index in [1.165, 1.54) is 18.5 Å². The van der Waals surface area contributed by atoms with E-state index in [0.717, 1.165) is 11.3 Å². The van der Waals surface area contributed by atoms with E-state index in [4.69, 9.17) is 0 Å². The molecular weight excluding hydrogens is 292 g/mol. The van der Waals surface area contributed by atoms with Crippen molar-refractivity contribution >= 4 is 5.91 Å². The van der Waals surface area contributed by atoms with E-state index < -0.39 is 0 Å². The fraction of sp³-hybridized carbons (Fsp3) is 0.118. The summed E-state index contributed by atoms with van der Waals surface area (Å²) < 4.78 is 1.80. The molecule has 2 N–H and O–H groups in total. The molecule has 0 saturated carbocycles. The smallest absolute Gasteiger partial charge is 0.255 e. The molecule has 0 saturated heterocycles. The Hall–Kier alpha value is -3.15. The van der Waals surface area contributed by atoms with Gasteiger partial charge in [0.05, 0.1) is 23.6 Å². The number of pyridine rings is 1. The van der Waals surface area contributed by atoms with E-state index in [-0.39, 0.29) is 17.2 Å². The second-order valence-electron chi connectivity index (χ2n) is 5.03. The van der Waals surface area contributed by atoms with Crippen LogP contribution in [-0.2, 0) is 6.42 Å². The Labute approximate surface area is 133 Å². The van der Waals surface area contributed by atoms with Crippen molar-refractivity contribution in [3.8, 4) is 11.4 Å². The zero-order valence-corrected chi connectivity index (χ0v) is 12.4. The van der Waals surface area contributed by atoms with Crippen LogP contribution in [0.4, 0.5) is 0 Å². The summed E-state index contributed by atoms with van der Waals surface area (Å²) >= 11 is 0. The van der Waals surface area contributed by atoms with Crippen molar-refractivity contribution in [2.24, 2.45) is 0 Å². The molecule has 1 amide bonds. The predicted octanol–water partition coefficient (Wildman–Crippen LogP) is 1.95. The summed E-state index contributed by atoms with van der Waals surface area (Å²) in [6.07, 6.45) is 7.09. The van der Waals surface area contributed by atoms with Crippen molar-refractivity contribution in [2.75, 3.05) is 6.54 Å². The second kappa shape index (κ2) is 6.74. The van der Waals surface area contributed by atoms with Gasteiger partial charge in [-0.15, -0.1) is 0 Å². The van der Waals surface area contributed by atoms with Gasteiger partial charge >= 0.3 is 0 Å². The molecule has 0 unspecified atom stereocenters. The number of hydrogen-bond donors (Lipinski definition) is 2. The number of carbonyl (C=O) groups excluding carboxylic acids is 1. The molecule has 0 bridgehead atoms. The van der Waals surface area contributed by atoms with Crippen molar-refractivity contribution in [1.82, 2.24) is 20.1 Å². The quantitative estimate of drug-likeness (QED) is 0.755. The van der Waals surface area contributed by atoms with Crippen LogP contribution in [0, 0.1) is 0 Å². The maximum atomic E-state index is 12.0. The van der Waals surface area contributed by atoms with Crippen molar-refractivity contribution in [1.29, 1.82) is 0 Å². The fourth-order valence-electron chi connectivity index (χ4n) is 2.20. The number of nitrogens with zero attached hydrogens (tertiary/aromatic N) is 3. The molecular formula is C17H16N4O2. The predicted molar refractivity (Wildman–Crippen MR) is 85.5 cm³/mol. The third-order valence-corrected chi connectivity index (χ3v) is 3.40. The Morgan fingerprint density at radius 1 is 1.17 bits per heavy atom. The van der Waals surface area contributed by atoms with Gasteiger partial charge in [0.15, 0.2) is 0 Å². The van der Waals surface area contributed by atoms with Gasteiger partial charge in [0, 0.05) is 18.9 Å². The monoisotopic (exact) mass is 308 g/mol. The van der Waals surface area contributed by atoms with E-state index in [1.807, 2.05) is 36.5 Å². The summed E-state index contributed by atoms with van der Waals surface area (Å²) in [5.74, 6) is -0.442.